The van der Waals surface area contributed by atoms with Gasteiger partial charge in [-0.1, -0.05) is 24.3 Å². The van der Waals surface area contributed by atoms with Crippen molar-refractivity contribution >= 4 is 5.84 Å². The Bertz CT molecular complexity index is 332. The van der Waals surface area contributed by atoms with Crippen molar-refractivity contribution in [3.05, 3.63) is 35.4 Å². The lowest BCUT2D eigenvalue weighted by Crippen LogP contribution is -2.35. The lowest BCUT2D eigenvalue weighted by Gasteiger charge is -2.04. The van der Waals surface area contributed by atoms with Crippen LogP contribution >= 0.6 is 0 Å². The Hall–Kier alpha value is -1.55. The molecule has 4 heteroatoms. The van der Waals surface area contributed by atoms with E-state index in [1.807, 2.05) is 12.1 Å². The predicted octanol–water partition coefficient (Wildman–Crippen LogP) is 0.463. The van der Waals surface area contributed by atoms with Crippen LogP contribution in [-0.2, 0) is 6.42 Å². The van der Waals surface area contributed by atoms with Gasteiger partial charge in [-0.2, -0.15) is 0 Å². The molecule has 2 rings (SSSR count). The van der Waals surface area contributed by atoms with Crippen molar-refractivity contribution in [1.82, 2.24) is 16.5 Å². The summed E-state index contributed by atoms with van der Waals surface area (Å²) in [6.07, 6.45) is 0.826. The number of aryl methyl sites for hydroxylation is 1. The molecule has 0 radical (unpaired) electrons. The molecule has 0 amide bonds. The first-order valence-electron chi connectivity index (χ1n) is 4.23. The Balaban J connectivity index is 2.13. The van der Waals surface area contributed by atoms with Crippen LogP contribution in [0.1, 0.15) is 11.1 Å². The van der Waals surface area contributed by atoms with Crippen LogP contribution < -0.4 is 16.5 Å². The molecule has 1 aromatic carbocycles. The number of hydrogen-bond acceptors (Lipinski definition) is 4. The molecule has 68 valence electrons. The zero-order valence-corrected chi connectivity index (χ0v) is 7.46. The first-order valence-corrected chi connectivity index (χ1v) is 4.23. The summed E-state index contributed by atoms with van der Waals surface area (Å²) in [5.41, 5.74) is 10.9. The van der Waals surface area contributed by atoms with Crippen LogP contribution in [0, 0.1) is 6.92 Å². The summed E-state index contributed by atoms with van der Waals surface area (Å²) in [5, 5.41) is 4.02. The summed E-state index contributed by atoms with van der Waals surface area (Å²) in [5.74, 6) is 0.911. The average molecular weight is 176 g/mol. The largest absolute Gasteiger partial charge is 0.288 e. The maximum absolute atomic E-state index is 4.02. The third kappa shape index (κ3) is 1.78. The number of nitrogens with zero attached hydrogens (tertiary/aromatic N) is 1. The zero-order valence-electron chi connectivity index (χ0n) is 7.46. The number of benzene rings is 1. The number of rotatable bonds is 2. The van der Waals surface area contributed by atoms with Crippen LogP contribution in [0.3, 0.4) is 0 Å². The van der Waals surface area contributed by atoms with Gasteiger partial charge < -0.3 is 0 Å². The quantitative estimate of drug-likeness (QED) is 0.613. The summed E-state index contributed by atoms with van der Waals surface area (Å²) in [6.45, 7) is 2.10. The molecule has 0 aliphatic carbocycles. The van der Waals surface area contributed by atoms with Crippen molar-refractivity contribution in [2.75, 3.05) is 0 Å². The van der Waals surface area contributed by atoms with Crippen molar-refractivity contribution in [2.24, 2.45) is 5.10 Å². The van der Waals surface area contributed by atoms with Gasteiger partial charge in [0.25, 0.3) is 0 Å². The number of hydrogen-bond donors (Lipinski definition) is 3. The van der Waals surface area contributed by atoms with Gasteiger partial charge in [0.05, 0.1) is 0 Å². The standard InChI is InChI=1S/C9H12N4/c1-7-4-2-3-5-8(7)6-9-10-12-13-11-9/h2-5,12-13H,6H2,1H3,(H,10,11). The van der Waals surface area contributed by atoms with E-state index >= 15 is 0 Å². The van der Waals surface area contributed by atoms with Gasteiger partial charge in [0, 0.05) is 6.42 Å². The second-order valence-corrected chi connectivity index (χ2v) is 3.02. The lowest BCUT2D eigenvalue weighted by atomic mass is 10.1. The monoisotopic (exact) mass is 176 g/mol. The Labute approximate surface area is 77.0 Å². The molecule has 0 atom stereocenters. The van der Waals surface area contributed by atoms with Crippen molar-refractivity contribution < 1.29 is 0 Å². The molecule has 0 saturated carbocycles. The van der Waals surface area contributed by atoms with Crippen molar-refractivity contribution in [1.29, 1.82) is 0 Å². The molecule has 0 bridgehead atoms. The topological polar surface area (TPSA) is 48.5 Å². The molecule has 3 N–H and O–H groups in total. The number of amidine groups is 1. The van der Waals surface area contributed by atoms with Gasteiger partial charge >= 0.3 is 0 Å². The van der Waals surface area contributed by atoms with Crippen molar-refractivity contribution in [2.45, 2.75) is 13.3 Å². The number of nitrogens with one attached hydrogen (secondary N) is 3. The second-order valence-electron chi connectivity index (χ2n) is 3.02. The maximum Gasteiger partial charge on any atom is 0.143 e. The highest BCUT2D eigenvalue weighted by atomic mass is 15.8. The minimum Gasteiger partial charge on any atom is -0.288 e. The molecule has 1 aromatic rings. The lowest BCUT2D eigenvalue weighted by molar-refractivity contribution is 0.576. The third-order valence-electron chi connectivity index (χ3n) is 2.07. The van der Waals surface area contributed by atoms with Crippen LogP contribution in [0.5, 0.6) is 0 Å². The fourth-order valence-electron chi connectivity index (χ4n) is 1.30. The normalized spacial score (nSPS) is 14.7. The molecule has 1 heterocycles. The third-order valence-corrected chi connectivity index (χ3v) is 2.07. The summed E-state index contributed by atoms with van der Waals surface area (Å²) in [7, 11) is 0. The second kappa shape index (κ2) is 3.45. The Morgan fingerprint density at radius 1 is 1.31 bits per heavy atom. The summed E-state index contributed by atoms with van der Waals surface area (Å²) >= 11 is 0. The Morgan fingerprint density at radius 3 is 2.85 bits per heavy atom. The summed E-state index contributed by atoms with van der Waals surface area (Å²) in [4.78, 5) is 0. The summed E-state index contributed by atoms with van der Waals surface area (Å²) < 4.78 is 0. The van der Waals surface area contributed by atoms with Gasteiger partial charge in [-0.05, 0) is 18.1 Å². The van der Waals surface area contributed by atoms with E-state index < -0.39 is 0 Å². The van der Waals surface area contributed by atoms with E-state index in [4.69, 9.17) is 0 Å². The van der Waals surface area contributed by atoms with Gasteiger partial charge in [0.2, 0.25) is 0 Å². The van der Waals surface area contributed by atoms with E-state index in [9.17, 15) is 0 Å². The van der Waals surface area contributed by atoms with Crippen molar-refractivity contribution in [3.8, 4) is 0 Å². The minimum atomic E-state index is 0.826. The maximum atomic E-state index is 4.02. The SMILES string of the molecule is Cc1ccccc1CC1=NNNN1. The van der Waals surface area contributed by atoms with Gasteiger partial charge in [-0.3, -0.25) is 5.43 Å². The Morgan fingerprint density at radius 2 is 2.15 bits per heavy atom. The first kappa shape index (κ1) is 8.07. The zero-order chi connectivity index (χ0) is 9.10. The molecule has 1 aliphatic rings. The van der Waals surface area contributed by atoms with E-state index in [2.05, 4.69) is 40.7 Å². The van der Waals surface area contributed by atoms with E-state index in [-0.39, 0.29) is 0 Å². The molecule has 0 fully saturated rings. The van der Waals surface area contributed by atoms with Crippen LogP contribution in [0.4, 0.5) is 0 Å². The highest BCUT2D eigenvalue weighted by molar-refractivity contribution is 5.84. The van der Waals surface area contributed by atoms with Crippen LogP contribution in [0.2, 0.25) is 0 Å². The Kier molecular flexibility index (Phi) is 2.14. The highest BCUT2D eigenvalue weighted by Gasteiger charge is 2.06. The molecule has 13 heavy (non-hydrogen) atoms. The fraction of sp³-hybridized carbons (Fsp3) is 0.222. The van der Waals surface area contributed by atoms with Gasteiger partial charge in [-0.25, -0.2) is 5.53 Å². The van der Waals surface area contributed by atoms with Gasteiger partial charge in [0.15, 0.2) is 0 Å². The average Bonchev–Trinajstić information content (AvgIpc) is 2.61. The van der Waals surface area contributed by atoms with Crippen molar-refractivity contribution in [3.63, 3.8) is 0 Å². The van der Waals surface area contributed by atoms with Crippen LogP contribution in [0.15, 0.2) is 29.4 Å². The van der Waals surface area contributed by atoms with E-state index in [1.165, 1.54) is 11.1 Å². The smallest absolute Gasteiger partial charge is 0.143 e. The van der Waals surface area contributed by atoms with Crippen LogP contribution in [-0.4, -0.2) is 5.84 Å². The van der Waals surface area contributed by atoms with Crippen LogP contribution in [0.25, 0.3) is 0 Å². The highest BCUT2D eigenvalue weighted by Crippen LogP contribution is 2.07. The van der Waals surface area contributed by atoms with E-state index in [0.29, 0.717) is 0 Å². The van der Waals surface area contributed by atoms with Gasteiger partial charge in [-0.15, -0.1) is 10.6 Å². The fourth-order valence-corrected chi connectivity index (χ4v) is 1.30. The molecule has 1 aliphatic heterocycles. The molecule has 4 nitrogen and oxygen atoms in total. The van der Waals surface area contributed by atoms with E-state index in [1.54, 1.807) is 0 Å². The molecule has 0 spiro atoms. The molecular formula is C9H12N4. The minimum absolute atomic E-state index is 0.826. The number of hydrazine groups is 2. The van der Waals surface area contributed by atoms with Gasteiger partial charge in [0.1, 0.15) is 5.84 Å². The molecule has 0 aromatic heterocycles. The first-order chi connectivity index (χ1) is 6.36. The predicted molar refractivity (Wildman–Crippen MR) is 51.7 cm³/mol. The summed E-state index contributed by atoms with van der Waals surface area (Å²) in [6, 6.07) is 8.29. The molecular weight excluding hydrogens is 164 g/mol. The molecule has 0 unspecified atom stereocenters. The number of hydrazone groups is 1. The van der Waals surface area contributed by atoms with E-state index in [0.717, 1.165) is 12.3 Å². The molecule has 0 saturated heterocycles.